The van der Waals surface area contributed by atoms with Crippen molar-refractivity contribution < 1.29 is 14.6 Å². The number of ether oxygens (including phenoxy) is 1. The number of aromatic nitrogens is 2. The molecule has 1 N–H and O–H groups in total. The predicted octanol–water partition coefficient (Wildman–Crippen LogP) is 5.41. The molecule has 1 saturated heterocycles. The maximum absolute atomic E-state index is 11.7. The van der Waals surface area contributed by atoms with Crippen LogP contribution in [0.5, 0.6) is 11.5 Å². The van der Waals surface area contributed by atoms with Crippen molar-refractivity contribution in [1.29, 1.82) is 5.26 Å². The van der Waals surface area contributed by atoms with Gasteiger partial charge >= 0.3 is 6.09 Å². The molecule has 7 heteroatoms. The molecule has 1 amide bonds. The molecule has 7 nitrogen and oxygen atoms in total. The SMILES string of the molecule is CCC1(c2cccc(Oc3cc(Cn4ccnc4)ccc3C#N)c2)CCCCN(C(=O)O)C1. The highest BCUT2D eigenvalue weighted by atomic mass is 16.5. The van der Waals surface area contributed by atoms with E-state index in [4.69, 9.17) is 4.74 Å². The molecule has 0 aliphatic carbocycles. The van der Waals surface area contributed by atoms with Crippen LogP contribution in [0, 0.1) is 11.3 Å². The van der Waals surface area contributed by atoms with Crippen LogP contribution >= 0.6 is 0 Å². The zero-order chi connectivity index (χ0) is 23.3. The van der Waals surface area contributed by atoms with Crippen LogP contribution in [-0.2, 0) is 12.0 Å². The number of imidazole rings is 1. The second-order valence-electron chi connectivity index (χ2n) is 8.60. The fraction of sp³-hybridized carbons (Fsp3) is 0.346. The van der Waals surface area contributed by atoms with Crippen molar-refractivity contribution >= 4 is 6.09 Å². The molecular weight excluding hydrogens is 416 g/mol. The minimum atomic E-state index is -0.865. The monoisotopic (exact) mass is 444 g/mol. The Morgan fingerprint density at radius 2 is 2.15 bits per heavy atom. The van der Waals surface area contributed by atoms with E-state index in [2.05, 4.69) is 24.0 Å². The third-order valence-electron chi connectivity index (χ3n) is 6.54. The van der Waals surface area contributed by atoms with Crippen molar-refractivity contribution in [2.45, 2.75) is 44.6 Å². The number of rotatable bonds is 6. The molecule has 2 heterocycles. The largest absolute Gasteiger partial charge is 0.465 e. The Bertz CT molecular complexity index is 1150. The summed E-state index contributed by atoms with van der Waals surface area (Å²) in [4.78, 5) is 17.3. The minimum Gasteiger partial charge on any atom is -0.465 e. The lowest BCUT2D eigenvalue weighted by atomic mass is 9.74. The number of nitriles is 1. The number of hydrogen-bond donors (Lipinski definition) is 1. The Balaban J connectivity index is 1.63. The van der Waals surface area contributed by atoms with E-state index < -0.39 is 6.09 Å². The summed E-state index contributed by atoms with van der Waals surface area (Å²) >= 11 is 0. The molecule has 170 valence electrons. The van der Waals surface area contributed by atoms with Gasteiger partial charge in [0.05, 0.1) is 11.9 Å². The molecule has 1 aliphatic rings. The Hall–Kier alpha value is -3.79. The first-order chi connectivity index (χ1) is 16.0. The Kier molecular flexibility index (Phi) is 6.64. The third-order valence-corrected chi connectivity index (χ3v) is 6.54. The standard InChI is InChI=1S/C26H28N4O3/c1-2-26(10-3-4-12-30(18-26)25(31)32)22-6-5-7-23(15-22)33-24-14-20(8-9-21(24)16-27)17-29-13-11-28-19-29/h5-9,11,13-15,19H,2-4,10,12,17-18H2,1H3,(H,31,32). The average Bonchev–Trinajstić information content (AvgIpc) is 3.22. The van der Waals surface area contributed by atoms with Crippen LogP contribution < -0.4 is 4.74 Å². The van der Waals surface area contributed by atoms with Gasteiger partial charge in [0.25, 0.3) is 0 Å². The Morgan fingerprint density at radius 1 is 1.27 bits per heavy atom. The van der Waals surface area contributed by atoms with Crippen molar-refractivity contribution in [2.75, 3.05) is 13.1 Å². The Morgan fingerprint density at radius 3 is 2.88 bits per heavy atom. The van der Waals surface area contributed by atoms with E-state index in [9.17, 15) is 15.2 Å². The zero-order valence-electron chi connectivity index (χ0n) is 18.8. The van der Waals surface area contributed by atoms with Crippen LogP contribution in [0.15, 0.2) is 61.2 Å². The van der Waals surface area contributed by atoms with Gasteiger partial charge in [0.2, 0.25) is 0 Å². The van der Waals surface area contributed by atoms with Crippen LogP contribution in [0.2, 0.25) is 0 Å². The van der Waals surface area contributed by atoms with E-state index in [1.807, 2.05) is 41.1 Å². The van der Waals surface area contributed by atoms with Crippen LogP contribution in [0.1, 0.15) is 49.3 Å². The fourth-order valence-corrected chi connectivity index (χ4v) is 4.63. The topological polar surface area (TPSA) is 91.4 Å². The molecule has 1 aliphatic heterocycles. The highest BCUT2D eigenvalue weighted by molar-refractivity contribution is 5.65. The summed E-state index contributed by atoms with van der Waals surface area (Å²) in [6.07, 6.45) is 8.13. The van der Waals surface area contributed by atoms with Gasteiger partial charge in [0, 0.05) is 37.4 Å². The molecule has 0 radical (unpaired) electrons. The molecule has 3 aromatic rings. The fourth-order valence-electron chi connectivity index (χ4n) is 4.63. The van der Waals surface area contributed by atoms with Gasteiger partial charge in [-0.05, 0) is 54.7 Å². The van der Waals surface area contributed by atoms with Gasteiger partial charge in [0.1, 0.15) is 17.6 Å². The summed E-state index contributed by atoms with van der Waals surface area (Å²) in [5, 5.41) is 19.2. The quantitative estimate of drug-likeness (QED) is 0.549. The molecule has 33 heavy (non-hydrogen) atoms. The lowest BCUT2D eigenvalue weighted by molar-refractivity contribution is 0.135. The number of hydrogen-bond acceptors (Lipinski definition) is 4. The molecule has 1 atom stereocenters. The summed E-state index contributed by atoms with van der Waals surface area (Å²) in [5.74, 6) is 1.15. The molecule has 1 fully saturated rings. The van der Waals surface area contributed by atoms with Gasteiger partial charge in [-0.3, -0.25) is 0 Å². The lowest BCUT2D eigenvalue weighted by Crippen LogP contribution is -2.41. The molecular formula is C26H28N4O3. The van der Waals surface area contributed by atoms with Gasteiger partial charge < -0.3 is 19.3 Å². The van der Waals surface area contributed by atoms with Crippen molar-refractivity contribution in [3.05, 3.63) is 77.9 Å². The maximum atomic E-state index is 11.7. The predicted molar refractivity (Wildman–Crippen MR) is 124 cm³/mol. The smallest absolute Gasteiger partial charge is 0.407 e. The van der Waals surface area contributed by atoms with Gasteiger partial charge in [0.15, 0.2) is 0 Å². The normalized spacial score (nSPS) is 18.4. The summed E-state index contributed by atoms with van der Waals surface area (Å²) in [7, 11) is 0. The van der Waals surface area contributed by atoms with E-state index >= 15 is 0 Å². The number of nitrogens with zero attached hydrogens (tertiary/aromatic N) is 4. The summed E-state index contributed by atoms with van der Waals surface area (Å²) < 4.78 is 8.16. The molecule has 0 saturated carbocycles. The van der Waals surface area contributed by atoms with Crippen LogP contribution in [0.25, 0.3) is 0 Å². The average molecular weight is 445 g/mol. The Labute approximate surface area is 193 Å². The van der Waals surface area contributed by atoms with E-state index in [-0.39, 0.29) is 5.41 Å². The van der Waals surface area contributed by atoms with E-state index in [0.29, 0.717) is 36.7 Å². The van der Waals surface area contributed by atoms with Crippen LogP contribution in [-0.4, -0.2) is 38.7 Å². The van der Waals surface area contributed by atoms with Gasteiger partial charge in [-0.2, -0.15) is 5.26 Å². The molecule has 1 unspecified atom stereocenters. The molecule has 0 bridgehead atoms. The number of carbonyl (C=O) groups is 1. The van der Waals surface area contributed by atoms with Gasteiger partial charge in [-0.25, -0.2) is 9.78 Å². The number of likely N-dealkylation sites (tertiary alicyclic amines) is 1. The maximum Gasteiger partial charge on any atom is 0.407 e. The first-order valence-electron chi connectivity index (χ1n) is 11.3. The highest BCUT2D eigenvalue weighted by Gasteiger charge is 2.36. The van der Waals surface area contributed by atoms with Crippen molar-refractivity contribution in [2.24, 2.45) is 0 Å². The highest BCUT2D eigenvalue weighted by Crippen LogP contribution is 2.39. The van der Waals surface area contributed by atoms with E-state index in [1.54, 1.807) is 18.6 Å². The summed E-state index contributed by atoms with van der Waals surface area (Å²) in [6, 6.07) is 15.7. The molecule has 4 rings (SSSR count). The van der Waals surface area contributed by atoms with E-state index in [0.717, 1.165) is 36.8 Å². The molecule has 2 aromatic carbocycles. The summed E-state index contributed by atoms with van der Waals surface area (Å²) in [5.41, 5.74) is 2.29. The third kappa shape index (κ3) is 5.01. The van der Waals surface area contributed by atoms with Gasteiger partial charge in [-0.15, -0.1) is 0 Å². The number of benzene rings is 2. The first-order valence-corrected chi connectivity index (χ1v) is 11.3. The molecule has 0 spiro atoms. The zero-order valence-corrected chi connectivity index (χ0v) is 18.8. The second kappa shape index (κ2) is 9.78. The molecule has 1 aromatic heterocycles. The van der Waals surface area contributed by atoms with Crippen molar-refractivity contribution in [3.8, 4) is 17.6 Å². The van der Waals surface area contributed by atoms with Crippen molar-refractivity contribution in [3.63, 3.8) is 0 Å². The second-order valence-corrected chi connectivity index (χ2v) is 8.60. The van der Waals surface area contributed by atoms with Crippen LogP contribution in [0.3, 0.4) is 0 Å². The number of amides is 1. The van der Waals surface area contributed by atoms with E-state index in [1.165, 1.54) is 4.90 Å². The summed E-state index contributed by atoms with van der Waals surface area (Å²) in [6.45, 7) is 3.80. The lowest BCUT2D eigenvalue weighted by Gasteiger charge is -2.35. The van der Waals surface area contributed by atoms with Crippen LogP contribution in [0.4, 0.5) is 4.79 Å². The number of carboxylic acid groups (broad SMARTS) is 1. The first kappa shape index (κ1) is 22.4. The minimum absolute atomic E-state index is 0.254. The van der Waals surface area contributed by atoms with Crippen molar-refractivity contribution in [1.82, 2.24) is 14.5 Å². The van der Waals surface area contributed by atoms with Gasteiger partial charge in [-0.1, -0.05) is 31.5 Å².